The van der Waals surface area contributed by atoms with Gasteiger partial charge < -0.3 is 39.9 Å². The van der Waals surface area contributed by atoms with Crippen LogP contribution in [0.25, 0.3) is 0 Å². The van der Waals surface area contributed by atoms with E-state index in [1.165, 1.54) is 0 Å². The fourth-order valence-corrected chi connectivity index (χ4v) is 4.07. The van der Waals surface area contributed by atoms with Gasteiger partial charge >= 0.3 is 7.82 Å². The maximum atomic E-state index is 12.3. The number of phosphoric acid groups is 1. The molecule has 0 aromatic carbocycles. The van der Waals surface area contributed by atoms with Crippen molar-refractivity contribution in [3.8, 4) is 0 Å². The predicted octanol–water partition coefficient (Wildman–Crippen LogP) is 0.0889. The van der Waals surface area contributed by atoms with Crippen LogP contribution in [0.4, 0.5) is 0 Å². The van der Waals surface area contributed by atoms with Crippen LogP contribution in [0.2, 0.25) is 0 Å². The number of unbranched alkanes of at least 4 members (excludes halogenated alkanes) is 4. The molecule has 0 bridgehead atoms. The summed E-state index contributed by atoms with van der Waals surface area (Å²) in [4.78, 5) is 10.0. The van der Waals surface area contributed by atoms with E-state index in [2.05, 4.69) is 13.8 Å². The normalized spacial score (nSPS) is 32.0. The maximum absolute atomic E-state index is 12.3. The molecule has 5 unspecified atom stereocenters. The number of ether oxygens (including phenoxy) is 2. The molecule has 1 aliphatic rings. The molecule has 1 aliphatic carbocycles. The smallest absolute Gasteiger partial charge is 0.387 e. The monoisotopic (exact) mass is 474 g/mol. The van der Waals surface area contributed by atoms with Crippen molar-refractivity contribution in [2.45, 2.75) is 95.1 Å². The quantitative estimate of drug-likeness (QED) is 0.132. The van der Waals surface area contributed by atoms with E-state index >= 15 is 0 Å². The summed E-state index contributed by atoms with van der Waals surface area (Å²) in [5, 5.41) is 48.9. The van der Waals surface area contributed by atoms with Crippen molar-refractivity contribution in [1.82, 2.24) is 0 Å². The molecule has 1 saturated carbocycles. The van der Waals surface area contributed by atoms with Crippen LogP contribution in [0.1, 0.15) is 52.4 Å². The number of aliphatic hydroxyl groups is 5. The van der Waals surface area contributed by atoms with Gasteiger partial charge in [0.15, 0.2) is 0 Å². The molecule has 1 rings (SSSR count). The van der Waals surface area contributed by atoms with Gasteiger partial charge in [-0.25, -0.2) is 4.57 Å². The maximum Gasteiger partial charge on any atom is 0.472 e. The van der Waals surface area contributed by atoms with Crippen LogP contribution in [0.15, 0.2) is 0 Å². The Balaban J connectivity index is 2.61. The lowest BCUT2D eigenvalue weighted by Gasteiger charge is -2.41. The minimum atomic E-state index is -4.82. The molecule has 0 aliphatic heterocycles. The second kappa shape index (κ2) is 14.9. The van der Waals surface area contributed by atoms with Crippen LogP contribution in [0.5, 0.6) is 0 Å². The van der Waals surface area contributed by atoms with E-state index in [4.69, 9.17) is 18.5 Å². The van der Waals surface area contributed by atoms with E-state index in [1.807, 2.05) is 0 Å². The lowest BCUT2D eigenvalue weighted by molar-refractivity contribution is -0.220. The molecular formula is C19H39O11P. The summed E-state index contributed by atoms with van der Waals surface area (Å²) in [6, 6.07) is 0. The van der Waals surface area contributed by atoms with Gasteiger partial charge in [-0.05, 0) is 12.8 Å². The number of aliphatic hydroxyl groups excluding tert-OH is 5. The molecule has 1 fully saturated rings. The molecule has 6 N–H and O–H groups in total. The highest BCUT2D eigenvalue weighted by molar-refractivity contribution is 7.47. The highest BCUT2D eigenvalue weighted by atomic mass is 31.2. The predicted molar refractivity (Wildman–Crippen MR) is 110 cm³/mol. The van der Waals surface area contributed by atoms with Crippen molar-refractivity contribution in [3.63, 3.8) is 0 Å². The zero-order valence-electron chi connectivity index (χ0n) is 18.3. The first-order valence-electron chi connectivity index (χ1n) is 10.9. The topological polar surface area (TPSA) is 175 Å². The first-order valence-corrected chi connectivity index (χ1v) is 12.4. The minimum Gasteiger partial charge on any atom is -0.387 e. The molecule has 0 aromatic rings. The van der Waals surface area contributed by atoms with Crippen molar-refractivity contribution in [1.29, 1.82) is 0 Å². The standard InChI is InChI=1S/C19H39O11P/c1-3-5-7-9-27-11-13(28-10-8-6-4-2)12-29-31(25,26)30-19-17(23)15(21)14(20)16(22)18(19)24/h13-24H,3-12H2,1-2H3,(H,25,26)/t13-,14?,15?,16?,17?,18?,19?/m1/s1. The summed E-state index contributed by atoms with van der Waals surface area (Å²) in [7, 11) is -4.82. The van der Waals surface area contributed by atoms with E-state index in [1.54, 1.807) is 0 Å². The van der Waals surface area contributed by atoms with Crippen molar-refractivity contribution >= 4 is 7.82 Å². The van der Waals surface area contributed by atoms with Crippen LogP contribution in [-0.4, -0.2) is 99.6 Å². The summed E-state index contributed by atoms with van der Waals surface area (Å²) < 4.78 is 33.3. The van der Waals surface area contributed by atoms with E-state index in [0.717, 1.165) is 38.5 Å². The Morgan fingerprint density at radius 3 is 1.84 bits per heavy atom. The highest BCUT2D eigenvalue weighted by Gasteiger charge is 2.51. The van der Waals surface area contributed by atoms with Crippen LogP contribution in [0, 0.1) is 0 Å². The Bertz CT molecular complexity index is 507. The lowest BCUT2D eigenvalue weighted by Crippen LogP contribution is -2.64. The highest BCUT2D eigenvalue weighted by Crippen LogP contribution is 2.47. The van der Waals surface area contributed by atoms with E-state index in [0.29, 0.717) is 13.2 Å². The van der Waals surface area contributed by atoms with E-state index < -0.39 is 50.6 Å². The molecule has 0 radical (unpaired) electrons. The molecule has 12 heteroatoms. The second-order valence-corrected chi connectivity index (χ2v) is 9.18. The van der Waals surface area contributed by atoms with Gasteiger partial charge in [-0.3, -0.25) is 9.05 Å². The molecule has 0 spiro atoms. The molecule has 0 heterocycles. The Morgan fingerprint density at radius 1 is 0.774 bits per heavy atom. The fraction of sp³-hybridized carbons (Fsp3) is 1.00. The lowest BCUT2D eigenvalue weighted by atomic mass is 9.85. The Kier molecular flexibility index (Phi) is 13.8. The number of phosphoric ester groups is 1. The van der Waals surface area contributed by atoms with E-state index in [9.17, 15) is 35.0 Å². The molecule has 186 valence electrons. The van der Waals surface area contributed by atoms with Crippen molar-refractivity contribution in [2.75, 3.05) is 26.4 Å². The van der Waals surface area contributed by atoms with Crippen LogP contribution in [-0.2, 0) is 23.1 Å². The summed E-state index contributed by atoms with van der Waals surface area (Å²) in [5.74, 6) is 0. The largest absolute Gasteiger partial charge is 0.472 e. The minimum absolute atomic E-state index is 0.147. The van der Waals surface area contributed by atoms with Gasteiger partial charge in [0.05, 0.1) is 13.2 Å². The summed E-state index contributed by atoms with van der Waals surface area (Å²) in [6.45, 7) is 4.87. The summed E-state index contributed by atoms with van der Waals surface area (Å²) in [6.07, 6.45) is -6.16. The summed E-state index contributed by atoms with van der Waals surface area (Å²) >= 11 is 0. The first kappa shape index (κ1) is 28.9. The third kappa shape index (κ3) is 10.1. The third-order valence-electron chi connectivity index (χ3n) is 5.05. The average molecular weight is 474 g/mol. The van der Waals surface area contributed by atoms with Crippen LogP contribution < -0.4 is 0 Å². The number of hydrogen-bond donors (Lipinski definition) is 6. The van der Waals surface area contributed by atoms with Crippen molar-refractivity contribution in [3.05, 3.63) is 0 Å². The van der Waals surface area contributed by atoms with Gasteiger partial charge in [-0.2, -0.15) is 0 Å². The number of hydrogen-bond acceptors (Lipinski definition) is 10. The van der Waals surface area contributed by atoms with Gasteiger partial charge in [0.2, 0.25) is 0 Å². The van der Waals surface area contributed by atoms with Crippen molar-refractivity contribution < 1.29 is 53.5 Å². The zero-order valence-corrected chi connectivity index (χ0v) is 19.2. The SMILES string of the molecule is CCCCCOC[C@H](COP(=O)(O)OC1C(O)C(O)C(O)C(O)C1O)OCCCCC. The molecule has 31 heavy (non-hydrogen) atoms. The Hall–Kier alpha value is -0.170. The summed E-state index contributed by atoms with van der Waals surface area (Å²) in [5.41, 5.74) is 0. The van der Waals surface area contributed by atoms with E-state index in [-0.39, 0.29) is 13.2 Å². The first-order chi connectivity index (χ1) is 14.6. The molecule has 0 amide bonds. The average Bonchev–Trinajstić information content (AvgIpc) is 2.74. The molecule has 0 aromatic heterocycles. The second-order valence-electron chi connectivity index (χ2n) is 7.77. The Labute approximate surface area is 183 Å². The van der Waals surface area contributed by atoms with Gasteiger partial charge in [-0.15, -0.1) is 0 Å². The van der Waals surface area contributed by atoms with Crippen molar-refractivity contribution in [2.24, 2.45) is 0 Å². The third-order valence-corrected chi connectivity index (χ3v) is 6.03. The fourth-order valence-electron chi connectivity index (χ4n) is 3.10. The van der Waals surface area contributed by atoms with Gasteiger partial charge in [0.25, 0.3) is 0 Å². The molecule has 11 nitrogen and oxygen atoms in total. The molecule has 6 atom stereocenters. The van der Waals surface area contributed by atoms with Gasteiger partial charge in [0.1, 0.15) is 42.7 Å². The van der Waals surface area contributed by atoms with Gasteiger partial charge in [0, 0.05) is 13.2 Å². The Morgan fingerprint density at radius 2 is 1.29 bits per heavy atom. The van der Waals surface area contributed by atoms with Crippen LogP contribution in [0.3, 0.4) is 0 Å². The molecule has 0 saturated heterocycles. The van der Waals surface area contributed by atoms with Crippen LogP contribution >= 0.6 is 7.82 Å². The number of rotatable bonds is 16. The molecular weight excluding hydrogens is 435 g/mol. The van der Waals surface area contributed by atoms with Gasteiger partial charge in [-0.1, -0.05) is 39.5 Å². The zero-order chi connectivity index (χ0) is 23.4.